The molecule has 18 heavy (non-hydrogen) atoms. The van der Waals surface area contributed by atoms with Crippen molar-refractivity contribution in [2.24, 2.45) is 7.05 Å². The van der Waals surface area contributed by atoms with Crippen LogP contribution in [-0.2, 0) is 7.05 Å². The van der Waals surface area contributed by atoms with Gasteiger partial charge in [-0.1, -0.05) is 0 Å². The highest BCUT2D eigenvalue weighted by atomic mass is 19.1. The van der Waals surface area contributed by atoms with Crippen LogP contribution in [0.15, 0.2) is 36.7 Å². The molecule has 0 saturated carbocycles. The van der Waals surface area contributed by atoms with Crippen molar-refractivity contribution in [2.75, 3.05) is 5.73 Å². The van der Waals surface area contributed by atoms with Gasteiger partial charge in [0.15, 0.2) is 0 Å². The van der Waals surface area contributed by atoms with E-state index in [0.29, 0.717) is 5.69 Å². The molecular weight excluding hydrogens is 231 g/mol. The van der Waals surface area contributed by atoms with Gasteiger partial charge in [-0.2, -0.15) is 0 Å². The number of rotatable bonds is 1. The van der Waals surface area contributed by atoms with Crippen LogP contribution in [0.1, 0.15) is 0 Å². The molecule has 0 radical (unpaired) electrons. The van der Waals surface area contributed by atoms with Crippen LogP contribution in [-0.4, -0.2) is 14.5 Å². The van der Waals surface area contributed by atoms with Crippen LogP contribution in [0.25, 0.3) is 22.4 Å². The maximum absolute atomic E-state index is 12.9. The van der Waals surface area contributed by atoms with E-state index in [1.54, 1.807) is 24.5 Å². The van der Waals surface area contributed by atoms with E-state index in [9.17, 15) is 4.39 Å². The van der Waals surface area contributed by atoms with Crippen molar-refractivity contribution in [1.82, 2.24) is 14.5 Å². The lowest BCUT2D eigenvalue weighted by molar-refractivity contribution is 0.628. The number of nitrogens with two attached hydrogens (primary N) is 1. The Kier molecular flexibility index (Phi) is 2.26. The molecule has 3 aromatic rings. The number of halogens is 1. The zero-order valence-corrected chi connectivity index (χ0v) is 9.76. The average molecular weight is 242 g/mol. The molecule has 2 heterocycles. The zero-order valence-electron chi connectivity index (χ0n) is 9.76. The molecule has 0 aliphatic heterocycles. The summed E-state index contributed by atoms with van der Waals surface area (Å²) in [5.74, 6) is 0.475. The lowest BCUT2D eigenvalue weighted by atomic mass is 10.2. The highest BCUT2D eigenvalue weighted by Crippen LogP contribution is 2.26. The molecule has 0 unspecified atom stereocenters. The van der Waals surface area contributed by atoms with Crippen molar-refractivity contribution in [3.8, 4) is 11.4 Å². The summed E-state index contributed by atoms with van der Waals surface area (Å²) >= 11 is 0. The monoisotopic (exact) mass is 242 g/mol. The van der Waals surface area contributed by atoms with Crippen LogP contribution in [0, 0.1) is 5.82 Å². The molecule has 0 amide bonds. The first-order valence-electron chi connectivity index (χ1n) is 5.48. The number of fused-ring (bicyclic) bond motifs is 1. The van der Waals surface area contributed by atoms with Gasteiger partial charge >= 0.3 is 0 Å². The maximum atomic E-state index is 12.9. The van der Waals surface area contributed by atoms with Crippen molar-refractivity contribution in [3.05, 3.63) is 42.5 Å². The molecule has 4 nitrogen and oxygen atoms in total. The number of imidazole rings is 1. The molecule has 3 rings (SSSR count). The predicted octanol–water partition coefficient (Wildman–Crippen LogP) is 2.36. The predicted molar refractivity (Wildman–Crippen MR) is 68.3 cm³/mol. The summed E-state index contributed by atoms with van der Waals surface area (Å²) in [6.45, 7) is 0. The second-order valence-electron chi connectivity index (χ2n) is 4.10. The molecule has 0 atom stereocenters. The van der Waals surface area contributed by atoms with Crippen LogP contribution in [0.3, 0.4) is 0 Å². The summed E-state index contributed by atoms with van der Waals surface area (Å²) in [7, 11) is 1.88. The molecule has 0 saturated heterocycles. The van der Waals surface area contributed by atoms with Gasteiger partial charge in [0.1, 0.15) is 17.2 Å². The number of nitrogens with zero attached hydrogens (tertiary/aromatic N) is 3. The standard InChI is InChI=1S/C13H11FN4/c1-18-12-10(15)6-16-7-11(12)17-13(18)8-2-4-9(14)5-3-8/h2-7H,15H2,1H3. The van der Waals surface area contributed by atoms with Crippen molar-refractivity contribution in [2.45, 2.75) is 0 Å². The summed E-state index contributed by atoms with van der Waals surface area (Å²) in [5.41, 5.74) is 8.88. The Bertz CT molecular complexity index is 716. The molecule has 0 spiro atoms. The van der Waals surface area contributed by atoms with Gasteiger partial charge in [0.05, 0.1) is 23.6 Å². The van der Waals surface area contributed by atoms with Crippen molar-refractivity contribution in [3.63, 3.8) is 0 Å². The van der Waals surface area contributed by atoms with E-state index >= 15 is 0 Å². The van der Waals surface area contributed by atoms with Gasteiger partial charge in [-0.05, 0) is 24.3 Å². The number of pyridine rings is 1. The highest BCUT2D eigenvalue weighted by molar-refractivity contribution is 5.89. The van der Waals surface area contributed by atoms with E-state index in [2.05, 4.69) is 9.97 Å². The van der Waals surface area contributed by atoms with Crippen molar-refractivity contribution >= 4 is 16.7 Å². The summed E-state index contributed by atoms with van der Waals surface area (Å²) in [4.78, 5) is 8.48. The van der Waals surface area contributed by atoms with Gasteiger partial charge in [-0.3, -0.25) is 4.98 Å². The fraction of sp³-hybridized carbons (Fsp3) is 0.0769. The Balaban J connectivity index is 2.27. The zero-order chi connectivity index (χ0) is 12.7. The molecule has 0 fully saturated rings. The Morgan fingerprint density at radius 2 is 1.89 bits per heavy atom. The SMILES string of the molecule is Cn1c(-c2ccc(F)cc2)nc2cncc(N)c21. The molecule has 0 bridgehead atoms. The van der Waals surface area contributed by atoms with E-state index in [-0.39, 0.29) is 5.82 Å². The molecule has 0 aliphatic rings. The van der Waals surface area contributed by atoms with Crippen LogP contribution >= 0.6 is 0 Å². The second kappa shape index (κ2) is 3.80. The number of benzene rings is 1. The second-order valence-corrected chi connectivity index (χ2v) is 4.10. The number of hydrogen-bond acceptors (Lipinski definition) is 3. The number of nitrogen functional groups attached to an aromatic ring is 1. The fourth-order valence-corrected chi connectivity index (χ4v) is 2.06. The van der Waals surface area contributed by atoms with E-state index < -0.39 is 0 Å². The lowest BCUT2D eigenvalue weighted by Crippen LogP contribution is -1.96. The van der Waals surface area contributed by atoms with Gasteiger partial charge in [-0.25, -0.2) is 9.37 Å². The normalized spacial score (nSPS) is 11.0. The van der Waals surface area contributed by atoms with Crippen LogP contribution < -0.4 is 5.73 Å². The minimum Gasteiger partial charge on any atom is -0.396 e. The van der Waals surface area contributed by atoms with Gasteiger partial charge in [0, 0.05) is 12.6 Å². The summed E-state index contributed by atoms with van der Waals surface area (Å²) in [5, 5.41) is 0. The molecule has 1 aromatic carbocycles. The van der Waals surface area contributed by atoms with Gasteiger partial charge < -0.3 is 10.3 Å². The van der Waals surface area contributed by atoms with Gasteiger partial charge in [0.25, 0.3) is 0 Å². The lowest BCUT2D eigenvalue weighted by Gasteiger charge is -2.03. The minimum absolute atomic E-state index is 0.265. The summed E-state index contributed by atoms with van der Waals surface area (Å²) in [6.07, 6.45) is 3.26. The van der Waals surface area contributed by atoms with Crippen LogP contribution in [0.2, 0.25) is 0 Å². The first-order valence-corrected chi connectivity index (χ1v) is 5.48. The first-order chi connectivity index (χ1) is 8.66. The molecule has 5 heteroatoms. The van der Waals surface area contributed by atoms with Crippen LogP contribution in [0.4, 0.5) is 10.1 Å². The van der Waals surface area contributed by atoms with Crippen LogP contribution in [0.5, 0.6) is 0 Å². The third kappa shape index (κ3) is 1.52. The van der Waals surface area contributed by atoms with E-state index in [0.717, 1.165) is 22.4 Å². The molecular formula is C13H11FN4. The molecule has 90 valence electrons. The summed E-state index contributed by atoms with van der Waals surface area (Å²) < 4.78 is 14.8. The molecule has 0 aliphatic carbocycles. The topological polar surface area (TPSA) is 56.7 Å². The first kappa shape index (κ1) is 10.7. The third-order valence-electron chi connectivity index (χ3n) is 2.91. The largest absolute Gasteiger partial charge is 0.396 e. The van der Waals surface area contributed by atoms with Gasteiger partial charge in [-0.15, -0.1) is 0 Å². The highest BCUT2D eigenvalue weighted by Gasteiger charge is 2.12. The number of hydrogen-bond donors (Lipinski definition) is 1. The van der Waals surface area contributed by atoms with Crippen molar-refractivity contribution in [1.29, 1.82) is 0 Å². The summed E-state index contributed by atoms with van der Waals surface area (Å²) in [6, 6.07) is 6.22. The quantitative estimate of drug-likeness (QED) is 0.712. The molecule has 2 N–H and O–H groups in total. The molecule has 2 aromatic heterocycles. The smallest absolute Gasteiger partial charge is 0.140 e. The Morgan fingerprint density at radius 1 is 1.17 bits per heavy atom. The number of anilines is 1. The Hall–Kier alpha value is -2.43. The van der Waals surface area contributed by atoms with E-state index in [1.807, 2.05) is 11.6 Å². The fourth-order valence-electron chi connectivity index (χ4n) is 2.06. The van der Waals surface area contributed by atoms with Gasteiger partial charge in [0.2, 0.25) is 0 Å². The Labute approximate surface area is 103 Å². The average Bonchev–Trinajstić information content (AvgIpc) is 2.69. The Morgan fingerprint density at radius 3 is 2.56 bits per heavy atom. The van der Waals surface area contributed by atoms with E-state index in [4.69, 9.17) is 5.73 Å². The number of aromatic nitrogens is 3. The van der Waals surface area contributed by atoms with Crippen molar-refractivity contribution < 1.29 is 4.39 Å². The number of aryl methyl sites for hydroxylation is 1. The third-order valence-corrected chi connectivity index (χ3v) is 2.91. The van der Waals surface area contributed by atoms with E-state index in [1.165, 1.54) is 12.1 Å². The minimum atomic E-state index is -0.265. The maximum Gasteiger partial charge on any atom is 0.140 e.